The van der Waals surface area contributed by atoms with Crippen LogP contribution in [0.15, 0.2) is 24.3 Å². The Balaban J connectivity index is 1.74. The highest BCUT2D eigenvalue weighted by atomic mass is 35.5. The van der Waals surface area contributed by atoms with Crippen LogP contribution in [0.3, 0.4) is 0 Å². The smallest absolute Gasteiger partial charge is 0.174 e. The summed E-state index contributed by atoms with van der Waals surface area (Å²) in [4.78, 5) is 0. The number of halogens is 2. The fraction of sp³-hybridized carbons (Fsp3) is 0.231. The number of hydrogen-bond donors (Lipinski definition) is 2. The first-order valence-electron chi connectivity index (χ1n) is 5.96. The number of rotatable bonds is 3. The summed E-state index contributed by atoms with van der Waals surface area (Å²) >= 11 is 11.7. The first-order valence-corrected chi connectivity index (χ1v) is 6.72. The Kier molecular flexibility index (Phi) is 3.55. The van der Waals surface area contributed by atoms with Gasteiger partial charge in [0.05, 0.1) is 5.69 Å². The third-order valence-electron chi connectivity index (χ3n) is 3.10. The van der Waals surface area contributed by atoms with E-state index in [9.17, 15) is 0 Å². The fourth-order valence-corrected chi connectivity index (χ4v) is 2.44. The molecule has 2 heterocycles. The molecule has 0 amide bonds. The van der Waals surface area contributed by atoms with Gasteiger partial charge >= 0.3 is 0 Å². The Hall–Kier alpha value is -1.36. The zero-order valence-corrected chi connectivity index (χ0v) is 11.6. The normalized spacial score (nSPS) is 13.4. The van der Waals surface area contributed by atoms with Crippen LogP contribution in [0.2, 0.25) is 10.3 Å². The Morgan fingerprint density at radius 3 is 2.84 bits per heavy atom. The van der Waals surface area contributed by atoms with Gasteiger partial charge in [-0.05, 0) is 16.7 Å². The van der Waals surface area contributed by atoms with Crippen LogP contribution in [0.25, 0.3) is 0 Å². The second-order valence-electron chi connectivity index (χ2n) is 4.43. The highest BCUT2D eigenvalue weighted by Crippen LogP contribution is 2.22. The van der Waals surface area contributed by atoms with Crippen molar-refractivity contribution in [1.29, 1.82) is 0 Å². The Labute approximate surface area is 121 Å². The van der Waals surface area contributed by atoms with Gasteiger partial charge in [-0.25, -0.2) is 0 Å². The molecule has 0 saturated heterocycles. The van der Waals surface area contributed by atoms with E-state index in [2.05, 4.69) is 39.0 Å². The predicted octanol–water partition coefficient (Wildman–Crippen LogP) is 3.00. The molecule has 1 aromatic heterocycles. The number of nitrogens with zero attached hydrogens (tertiary/aromatic N) is 2. The van der Waals surface area contributed by atoms with Gasteiger partial charge in [0.25, 0.3) is 0 Å². The highest BCUT2D eigenvalue weighted by molar-refractivity contribution is 6.33. The second kappa shape index (κ2) is 5.33. The van der Waals surface area contributed by atoms with Crippen molar-refractivity contribution in [1.82, 2.24) is 15.5 Å². The van der Waals surface area contributed by atoms with Gasteiger partial charge in [0.15, 0.2) is 10.3 Å². The van der Waals surface area contributed by atoms with Crippen molar-refractivity contribution in [3.8, 4) is 0 Å². The van der Waals surface area contributed by atoms with Crippen molar-refractivity contribution < 1.29 is 0 Å². The van der Waals surface area contributed by atoms with Crippen molar-refractivity contribution in [3.05, 3.63) is 51.3 Å². The summed E-state index contributed by atoms with van der Waals surface area (Å²) in [5.41, 5.74) is 4.62. The van der Waals surface area contributed by atoms with E-state index in [0.717, 1.165) is 13.1 Å². The molecule has 2 aromatic rings. The van der Waals surface area contributed by atoms with Gasteiger partial charge in [0.2, 0.25) is 0 Å². The molecule has 0 spiro atoms. The molecule has 0 saturated carbocycles. The second-order valence-corrected chi connectivity index (χ2v) is 5.18. The summed E-state index contributed by atoms with van der Waals surface area (Å²) in [6, 6.07) is 8.15. The SMILES string of the molecule is Clc1cc(NCc2ccc3c(c2)CNC3)c(Cl)nn1. The van der Waals surface area contributed by atoms with Crippen molar-refractivity contribution in [2.24, 2.45) is 0 Å². The van der Waals surface area contributed by atoms with Gasteiger partial charge in [-0.3, -0.25) is 0 Å². The summed E-state index contributed by atoms with van der Waals surface area (Å²) in [5.74, 6) is 0. The number of fused-ring (bicyclic) bond motifs is 1. The lowest BCUT2D eigenvalue weighted by atomic mass is 10.1. The van der Waals surface area contributed by atoms with Crippen LogP contribution in [-0.4, -0.2) is 10.2 Å². The number of aromatic nitrogens is 2. The Morgan fingerprint density at radius 2 is 1.95 bits per heavy atom. The molecule has 98 valence electrons. The van der Waals surface area contributed by atoms with Crippen LogP contribution in [-0.2, 0) is 19.6 Å². The molecule has 6 heteroatoms. The number of benzene rings is 1. The molecule has 0 aliphatic carbocycles. The minimum absolute atomic E-state index is 0.324. The summed E-state index contributed by atoms with van der Waals surface area (Å²) < 4.78 is 0. The molecule has 1 aliphatic heterocycles. The topological polar surface area (TPSA) is 49.8 Å². The number of anilines is 1. The van der Waals surface area contributed by atoms with Gasteiger partial charge in [-0.1, -0.05) is 41.4 Å². The lowest BCUT2D eigenvalue weighted by Gasteiger charge is -2.09. The zero-order chi connectivity index (χ0) is 13.2. The molecule has 0 fully saturated rings. The van der Waals surface area contributed by atoms with Crippen LogP contribution in [0.4, 0.5) is 5.69 Å². The van der Waals surface area contributed by atoms with Crippen molar-refractivity contribution in [2.45, 2.75) is 19.6 Å². The number of nitrogens with one attached hydrogen (secondary N) is 2. The quantitative estimate of drug-likeness (QED) is 0.914. The molecule has 0 radical (unpaired) electrons. The first kappa shape index (κ1) is 12.7. The molecular weight excluding hydrogens is 283 g/mol. The summed E-state index contributed by atoms with van der Waals surface area (Å²) in [7, 11) is 0. The minimum Gasteiger partial charge on any atom is -0.378 e. The highest BCUT2D eigenvalue weighted by Gasteiger charge is 2.10. The maximum absolute atomic E-state index is 5.95. The van der Waals surface area contributed by atoms with Crippen LogP contribution in [0, 0.1) is 0 Å². The molecule has 4 nitrogen and oxygen atoms in total. The van der Waals surface area contributed by atoms with Crippen LogP contribution in [0.1, 0.15) is 16.7 Å². The van der Waals surface area contributed by atoms with Gasteiger partial charge in [-0.2, -0.15) is 0 Å². The van der Waals surface area contributed by atoms with Crippen molar-refractivity contribution in [2.75, 3.05) is 5.32 Å². The standard InChI is InChI=1S/C13H12Cl2N4/c14-12-4-11(13(15)19-18-12)17-5-8-1-2-9-6-16-7-10(9)3-8/h1-4,16H,5-7H2,(H,17,18). The third-order valence-corrected chi connectivity index (χ3v) is 3.57. The molecule has 0 bridgehead atoms. The molecule has 2 N–H and O–H groups in total. The predicted molar refractivity (Wildman–Crippen MR) is 76.4 cm³/mol. The van der Waals surface area contributed by atoms with E-state index < -0.39 is 0 Å². The maximum atomic E-state index is 5.95. The molecule has 1 aromatic carbocycles. The van der Waals surface area contributed by atoms with Crippen LogP contribution in [0.5, 0.6) is 0 Å². The largest absolute Gasteiger partial charge is 0.378 e. The van der Waals surface area contributed by atoms with E-state index in [-0.39, 0.29) is 0 Å². The van der Waals surface area contributed by atoms with Crippen molar-refractivity contribution in [3.63, 3.8) is 0 Å². The van der Waals surface area contributed by atoms with Crippen LogP contribution >= 0.6 is 23.2 Å². The molecule has 0 unspecified atom stereocenters. The van der Waals surface area contributed by atoms with Gasteiger partial charge in [0, 0.05) is 25.7 Å². The average Bonchev–Trinajstić information content (AvgIpc) is 2.87. The monoisotopic (exact) mass is 294 g/mol. The maximum Gasteiger partial charge on any atom is 0.174 e. The first-order chi connectivity index (χ1) is 9.22. The zero-order valence-electron chi connectivity index (χ0n) is 10.1. The lowest BCUT2D eigenvalue weighted by molar-refractivity contribution is 0.764. The van der Waals surface area contributed by atoms with E-state index in [4.69, 9.17) is 23.2 Å². The Bertz CT molecular complexity index is 616. The van der Waals surface area contributed by atoms with E-state index >= 15 is 0 Å². The Morgan fingerprint density at radius 1 is 1.11 bits per heavy atom. The summed E-state index contributed by atoms with van der Waals surface area (Å²) in [6.07, 6.45) is 0. The number of hydrogen-bond acceptors (Lipinski definition) is 4. The van der Waals surface area contributed by atoms with Crippen LogP contribution < -0.4 is 10.6 Å². The summed E-state index contributed by atoms with van der Waals surface area (Å²) in [6.45, 7) is 2.57. The molecule has 1 aliphatic rings. The van der Waals surface area contributed by atoms with Gasteiger partial charge in [-0.15, -0.1) is 10.2 Å². The fourth-order valence-electron chi connectivity index (χ4n) is 2.13. The van der Waals surface area contributed by atoms with E-state index in [1.54, 1.807) is 6.07 Å². The summed E-state index contributed by atoms with van der Waals surface area (Å²) in [5, 5.41) is 14.6. The molecule has 3 rings (SSSR count). The minimum atomic E-state index is 0.324. The average molecular weight is 295 g/mol. The van der Waals surface area contributed by atoms with E-state index in [1.165, 1.54) is 16.7 Å². The molecular formula is C13H12Cl2N4. The van der Waals surface area contributed by atoms with E-state index in [0.29, 0.717) is 22.5 Å². The van der Waals surface area contributed by atoms with E-state index in [1.807, 2.05) is 0 Å². The van der Waals surface area contributed by atoms with Crippen molar-refractivity contribution >= 4 is 28.9 Å². The molecule has 0 atom stereocenters. The van der Waals surface area contributed by atoms with Gasteiger partial charge < -0.3 is 10.6 Å². The molecule has 19 heavy (non-hydrogen) atoms. The lowest BCUT2D eigenvalue weighted by Crippen LogP contribution is -2.02. The van der Waals surface area contributed by atoms with Gasteiger partial charge in [0.1, 0.15) is 0 Å². The third kappa shape index (κ3) is 2.81.